The molecule has 0 spiro atoms. The standard InChI is InChI=1S/C29H23FN4O3S/c1-18-6-7-20(14-27(18)38(2,36)37)29(35)33-17-22-15-26-21(16-32-22)8-9-25(34-26)24-5-3-4-23(28(24)30)19-10-12-31-13-11-19/h3-16H,17H2,1-2H3,(H,33,35). The van der Waals surface area contributed by atoms with Crippen LogP contribution in [0.5, 0.6) is 0 Å². The number of rotatable bonds is 6. The summed E-state index contributed by atoms with van der Waals surface area (Å²) in [5, 5.41) is 3.54. The van der Waals surface area contributed by atoms with Crippen molar-refractivity contribution in [2.45, 2.75) is 18.4 Å². The van der Waals surface area contributed by atoms with Crippen molar-refractivity contribution in [2.24, 2.45) is 0 Å². The lowest BCUT2D eigenvalue weighted by atomic mass is 10.0. The van der Waals surface area contributed by atoms with E-state index in [9.17, 15) is 13.2 Å². The smallest absolute Gasteiger partial charge is 0.251 e. The maximum Gasteiger partial charge on any atom is 0.251 e. The van der Waals surface area contributed by atoms with Gasteiger partial charge in [0.25, 0.3) is 5.91 Å². The van der Waals surface area contributed by atoms with E-state index in [4.69, 9.17) is 0 Å². The topological polar surface area (TPSA) is 102 Å². The fraction of sp³-hybridized carbons (Fsp3) is 0.103. The van der Waals surface area contributed by atoms with E-state index in [-0.39, 0.29) is 22.8 Å². The highest BCUT2D eigenvalue weighted by Gasteiger charge is 2.16. The van der Waals surface area contributed by atoms with Crippen molar-refractivity contribution in [3.05, 3.63) is 108 Å². The summed E-state index contributed by atoms with van der Waals surface area (Å²) in [4.78, 5) is 25.9. The summed E-state index contributed by atoms with van der Waals surface area (Å²) in [5.41, 5.74) is 3.99. The Morgan fingerprint density at radius 3 is 2.50 bits per heavy atom. The molecule has 0 fully saturated rings. The molecule has 5 rings (SSSR count). The van der Waals surface area contributed by atoms with Crippen molar-refractivity contribution in [1.29, 1.82) is 0 Å². The van der Waals surface area contributed by atoms with Gasteiger partial charge in [-0.3, -0.25) is 14.8 Å². The van der Waals surface area contributed by atoms with Crippen molar-refractivity contribution < 1.29 is 17.6 Å². The van der Waals surface area contributed by atoms with Gasteiger partial charge < -0.3 is 5.32 Å². The first-order valence-electron chi connectivity index (χ1n) is 11.7. The van der Waals surface area contributed by atoms with Crippen LogP contribution >= 0.6 is 0 Å². The zero-order valence-corrected chi connectivity index (χ0v) is 21.5. The fourth-order valence-corrected chi connectivity index (χ4v) is 5.20. The minimum atomic E-state index is -3.46. The highest BCUT2D eigenvalue weighted by molar-refractivity contribution is 7.90. The summed E-state index contributed by atoms with van der Waals surface area (Å²) >= 11 is 0. The van der Waals surface area contributed by atoms with Crippen molar-refractivity contribution in [2.75, 3.05) is 6.26 Å². The number of hydrogen-bond donors (Lipinski definition) is 1. The Balaban J connectivity index is 1.40. The Labute approximate surface area is 219 Å². The third-order valence-corrected chi connectivity index (χ3v) is 7.41. The van der Waals surface area contributed by atoms with E-state index in [1.54, 1.807) is 80.1 Å². The van der Waals surface area contributed by atoms with Crippen molar-refractivity contribution >= 4 is 26.6 Å². The Bertz CT molecular complexity index is 1790. The maximum atomic E-state index is 15.5. The molecule has 0 saturated carbocycles. The normalized spacial score (nSPS) is 11.4. The van der Waals surface area contributed by atoms with Gasteiger partial charge in [0.2, 0.25) is 0 Å². The molecule has 0 aliphatic heterocycles. The molecule has 190 valence electrons. The predicted octanol–water partition coefficient (Wildman–Crippen LogP) is 5.14. The van der Waals surface area contributed by atoms with Crippen LogP contribution in [-0.4, -0.2) is 35.5 Å². The zero-order valence-electron chi connectivity index (χ0n) is 20.6. The largest absolute Gasteiger partial charge is 0.346 e. The number of pyridine rings is 3. The molecular weight excluding hydrogens is 503 g/mol. The number of fused-ring (bicyclic) bond motifs is 1. The minimum Gasteiger partial charge on any atom is -0.346 e. The first-order valence-corrected chi connectivity index (χ1v) is 13.6. The third-order valence-electron chi connectivity index (χ3n) is 6.18. The Hall–Kier alpha value is -4.50. The van der Waals surface area contributed by atoms with Gasteiger partial charge in [-0.15, -0.1) is 0 Å². The van der Waals surface area contributed by atoms with E-state index < -0.39 is 15.7 Å². The van der Waals surface area contributed by atoms with Crippen molar-refractivity contribution in [1.82, 2.24) is 20.3 Å². The molecule has 9 heteroatoms. The van der Waals surface area contributed by atoms with Crippen LogP contribution in [0.1, 0.15) is 21.6 Å². The van der Waals surface area contributed by atoms with Gasteiger partial charge in [-0.25, -0.2) is 17.8 Å². The highest BCUT2D eigenvalue weighted by atomic mass is 32.2. The van der Waals surface area contributed by atoms with Crippen LogP contribution in [0.4, 0.5) is 4.39 Å². The summed E-state index contributed by atoms with van der Waals surface area (Å²) in [6.07, 6.45) is 5.99. The van der Waals surface area contributed by atoms with E-state index >= 15 is 4.39 Å². The average molecular weight is 527 g/mol. The molecule has 2 aromatic carbocycles. The van der Waals surface area contributed by atoms with Crippen LogP contribution in [0.25, 0.3) is 33.3 Å². The second-order valence-electron chi connectivity index (χ2n) is 8.90. The number of aryl methyl sites for hydroxylation is 1. The summed E-state index contributed by atoms with van der Waals surface area (Å²) in [6, 6.07) is 18.5. The van der Waals surface area contributed by atoms with Gasteiger partial charge in [0.15, 0.2) is 9.84 Å². The van der Waals surface area contributed by atoms with E-state index in [0.29, 0.717) is 33.6 Å². The van der Waals surface area contributed by atoms with E-state index in [1.807, 2.05) is 6.07 Å². The molecule has 0 radical (unpaired) electrons. The molecule has 0 aliphatic carbocycles. The number of carbonyl (C=O) groups is 1. The number of nitrogens with one attached hydrogen (secondary N) is 1. The number of sulfone groups is 1. The van der Waals surface area contributed by atoms with E-state index in [1.165, 1.54) is 6.07 Å². The summed E-state index contributed by atoms with van der Waals surface area (Å²) in [5.74, 6) is -0.799. The number of benzene rings is 2. The number of nitrogens with zero attached hydrogens (tertiary/aromatic N) is 3. The lowest BCUT2D eigenvalue weighted by molar-refractivity contribution is 0.0950. The monoisotopic (exact) mass is 526 g/mol. The molecule has 38 heavy (non-hydrogen) atoms. The van der Waals surface area contributed by atoms with Gasteiger partial charge in [0.1, 0.15) is 5.82 Å². The first-order chi connectivity index (χ1) is 18.2. The van der Waals surface area contributed by atoms with Crippen LogP contribution in [0.15, 0.2) is 90.2 Å². The predicted molar refractivity (Wildman–Crippen MR) is 144 cm³/mol. The van der Waals surface area contributed by atoms with Crippen molar-refractivity contribution in [3.63, 3.8) is 0 Å². The molecule has 0 aliphatic rings. The van der Waals surface area contributed by atoms with Crippen LogP contribution < -0.4 is 5.32 Å². The fourth-order valence-electron chi connectivity index (χ4n) is 4.20. The molecule has 0 saturated heterocycles. The Morgan fingerprint density at radius 2 is 1.74 bits per heavy atom. The van der Waals surface area contributed by atoms with Gasteiger partial charge in [0.05, 0.1) is 28.3 Å². The molecule has 0 unspecified atom stereocenters. The zero-order chi connectivity index (χ0) is 26.9. The van der Waals surface area contributed by atoms with Gasteiger partial charge >= 0.3 is 0 Å². The van der Waals surface area contributed by atoms with Gasteiger partial charge in [-0.1, -0.05) is 18.2 Å². The van der Waals surface area contributed by atoms with E-state index in [2.05, 4.69) is 20.3 Å². The van der Waals surface area contributed by atoms with Crippen LogP contribution in [0.2, 0.25) is 0 Å². The van der Waals surface area contributed by atoms with Crippen molar-refractivity contribution in [3.8, 4) is 22.4 Å². The first kappa shape index (κ1) is 25.2. The molecule has 3 heterocycles. The average Bonchev–Trinajstić information content (AvgIpc) is 2.91. The second kappa shape index (κ2) is 10.1. The quantitative estimate of drug-likeness (QED) is 0.329. The molecule has 3 aromatic heterocycles. The summed E-state index contributed by atoms with van der Waals surface area (Å²) in [7, 11) is -3.46. The number of carbonyl (C=O) groups excluding carboxylic acids is 1. The minimum absolute atomic E-state index is 0.106. The van der Waals surface area contributed by atoms with E-state index in [0.717, 1.165) is 17.2 Å². The van der Waals surface area contributed by atoms with Gasteiger partial charge in [-0.05, 0) is 66.6 Å². The molecule has 5 aromatic rings. The number of aromatic nitrogens is 3. The number of amides is 1. The number of hydrogen-bond acceptors (Lipinski definition) is 6. The van der Waals surface area contributed by atoms with Crippen LogP contribution in [0, 0.1) is 12.7 Å². The molecular formula is C29H23FN4O3S. The van der Waals surface area contributed by atoms with Gasteiger partial charge in [-0.2, -0.15) is 0 Å². The molecule has 1 amide bonds. The SMILES string of the molecule is Cc1ccc(C(=O)NCc2cc3nc(-c4cccc(-c5ccncc5)c4F)ccc3cn2)cc1S(C)(=O)=O. The lowest BCUT2D eigenvalue weighted by Gasteiger charge is -2.10. The Morgan fingerprint density at radius 1 is 0.974 bits per heavy atom. The Kier molecular flexibility index (Phi) is 6.69. The summed E-state index contributed by atoms with van der Waals surface area (Å²) in [6.45, 7) is 1.79. The second-order valence-corrected chi connectivity index (χ2v) is 10.9. The maximum absolute atomic E-state index is 15.5. The third kappa shape index (κ3) is 5.14. The molecule has 0 atom stereocenters. The summed E-state index contributed by atoms with van der Waals surface area (Å²) < 4.78 is 39.5. The molecule has 1 N–H and O–H groups in total. The number of halogens is 1. The van der Waals surface area contributed by atoms with Crippen LogP contribution in [0.3, 0.4) is 0 Å². The molecule has 7 nitrogen and oxygen atoms in total. The lowest BCUT2D eigenvalue weighted by Crippen LogP contribution is -2.23. The molecule has 0 bridgehead atoms. The van der Waals surface area contributed by atoms with Crippen LogP contribution in [-0.2, 0) is 16.4 Å². The van der Waals surface area contributed by atoms with Gasteiger partial charge in [0, 0.05) is 46.9 Å². The highest BCUT2D eigenvalue weighted by Crippen LogP contribution is 2.30.